The van der Waals surface area contributed by atoms with Crippen molar-refractivity contribution in [3.8, 4) is 16.9 Å². The zero-order chi connectivity index (χ0) is 22.0. The molecule has 1 amide bonds. The van der Waals surface area contributed by atoms with Gasteiger partial charge in [0.25, 0.3) is 5.91 Å². The van der Waals surface area contributed by atoms with E-state index in [1.165, 1.54) is 6.07 Å². The Bertz CT molecular complexity index is 1330. The summed E-state index contributed by atoms with van der Waals surface area (Å²) in [5.41, 5.74) is 4.10. The third-order valence-corrected chi connectivity index (χ3v) is 5.37. The third-order valence-electron chi connectivity index (χ3n) is 5.13. The highest BCUT2D eigenvalue weighted by atomic mass is 35.5. The molecule has 154 valence electrons. The quantitative estimate of drug-likeness (QED) is 0.431. The molecule has 31 heavy (non-hydrogen) atoms. The number of pyridine rings is 1. The summed E-state index contributed by atoms with van der Waals surface area (Å²) in [6.07, 6.45) is 0. The number of carbonyl (C=O) groups excluding carboxylic acids is 1. The van der Waals surface area contributed by atoms with Crippen molar-refractivity contribution < 1.29 is 4.79 Å². The van der Waals surface area contributed by atoms with Gasteiger partial charge in [0.2, 0.25) is 0 Å². The molecule has 0 saturated heterocycles. The maximum atomic E-state index is 13.4. The minimum absolute atomic E-state index is 0.0834. The summed E-state index contributed by atoms with van der Waals surface area (Å²) in [6, 6.07) is 25.8. The highest BCUT2D eigenvalue weighted by Crippen LogP contribution is 2.29. The minimum atomic E-state index is -0.450. The lowest BCUT2D eigenvalue weighted by Gasteiger charge is -2.21. The molecule has 0 aliphatic heterocycles. The van der Waals surface area contributed by atoms with Gasteiger partial charge in [-0.1, -0.05) is 66.2 Å². The molecule has 0 unspecified atom stereocenters. The Kier molecular flexibility index (Phi) is 5.74. The number of benzene rings is 3. The predicted molar refractivity (Wildman–Crippen MR) is 126 cm³/mol. The van der Waals surface area contributed by atoms with Gasteiger partial charge in [-0.3, -0.25) is 9.59 Å². The van der Waals surface area contributed by atoms with Gasteiger partial charge in [0, 0.05) is 28.2 Å². The van der Waals surface area contributed by atoms with Gasteiger partial charge in [-0.2, -0.15) is 0 Å². The van der Waals surface area contributed by atoms with E-state index in [0.717, 1.165) is 16.8 Å². The van der Waals surface area contributed by atoms with Crippen LogP contribution in [0.4, 0.5) is 5.69 Å². The molecule has 0 radical (unpaired) electrons. The van der Waals surface area contributed by atoms with E-state index < -0.39 is 5.91 Å². The topological polar surface area (TPSA) is 51.1 Å². The van der Waals surface area contributed by atoms with Gasteiger partial charge >= 0.3 is 0 Å². The van der Waals surface area contributed by atoms with Crippen LogP contribution >= 0.6 is 11.6 Å². The summed E-state index contributed by atoms with van der Waals surface area (Å²) in [7, 11) is 0. The summed E-state index contributed by atoms with van der Waals surface area (Å²) in [5, 5.41) is 3.48. The van der Waals surface area contributed by atoms with Crippen LogP contribution in [-0.4, -0.2) is 10.5 Å². The van der Waals surface area contributed by atoms with Crippen LogP contribution in [0.15, 0.2) is 89.7 Å². The largest absolute Gasteiger partial charge is 0.322 e. The number of aryl methyl sites for hydroxylation is 2. The van der Waals surface area contributed by atoms with Gasteiger partial charge in [-0.25, -0.2) is 0 Å². The van der Waals surface area contributed by atoms with Crippen LogP contribution < -0.4 is 10.7 Å². The molecule has 4 nitrogen and oxygen atoms in total. The van der Waals surface area contributed by atoms with Crippen LogP contribution in [0.25, 0.3) is 16.9 Å². The fraction of sp³-hybridized carbons (Fsp3) is 0.0769. The summed E-state index contributed by atoms with van der Waals surface area (Å²) >= 11 is 6.25. The Hall–Kier alpha value is -3.63. The van der Waals surface area contributed by atoms with E-state index in [2.05, 4.69) is 5.32 Å². The smallest absolute Gasteiger partial charge is 0.261 e. The average molecular weight is 429 g/mol. The normalized spacial score (nSPS) is 10.7. The fourth-order valence-corrected chi connectivity index (χ4v) is 3.85. The van der Waals surface area contributed by atoms with E-state index >= 15 is 0 Å². The summed E-state index contributed by atoms with van der Waals surface area (Å²) in [6.45, 7) is 3.75. The van der Waals surface area contributed by atoms with E-state index in [1.54, 1.807) is 6.07 Å². The molecule has 1 heterocycles. The van der Waals surface area contributed by atoms with Crippen molar-refractivity contribution in [2.24, 2.45) is 0 Å². The second-order valence-electron chi connectivity index (χ2n) is 7.32. The number of nitrogens with zero attached hydrogens (tertiary/aromatic N) is 1. The molecule has 4 rings (SSSR count). The van der Waals surface area contributed by atoms with Gasteiger partial charge in [-0.15, -0.1) is 0 Å². The van der Waals surface area contributed by atoms with Crippen LogP contribution in [0.1, 0.15) is 21.6 Å². The fourth-order valence-electron chi connectivity index (χ4n) is 3.67. The zero-order valence-corrected chi connectivity index (χ0v) is 18.0. The summed E-state index contributed by atoms with van der Waals surface area (Å²) in [5.74, 6) is -0.450. The zero-order valence-electron chi connectivity index (χ0n) is 17.2. The van der Waals surface area contributed by atoms with Gasteiger partial charge in [0.1, 0.15) is 5.56 Å². The predicted octanol–water partition coefficient (Wildman–Crippen LogP) is 6.03. The Morgan fingerprint density at radius 1 is 0.871 bits per heavy atom. The standard InChI is InChI=1S/C26H21ClN2O2/c1-17-9-6-7-14-22(17)28-26(31)24-23(30)15-18(2)29(21-13-8-12-20(27)16-21)25(24)19-10-4-3-5-11-19/h3-16H,1-2H3,(H,28,31). The van der Waals surface area contributed by atoms with Crippen LogP contribution in [0.2, 0.25) is 5.02 Å². The lowest BCUT2D eigenvalue weighted by Crippen LogP contribution is -2.26. The molecular formula is C26H21ClN2O2. The van der Waals surface area contributed by atoms with Crippen LogP contribution in [0.3, 0.4) is 0 Å². The van der Waals surface area contributed by atoms with E-state index in [9.17, 15) is 9.59 Å². The molecule has 1 aromatic heterocycles. The number of anilines is 1. The molecule has 1 N–H and O–H groups in total. The average Bonchev–Trinajstić information content (AvgIpc) is 2.75. The van der Waals surface area contributed by atoms with E-state index in [0.29, 0.717) is 22.1 Å². The summed E-state index contributed by atoms with van der Waals surface area (Å²) < 4.78 is 1.90. The monoisotopic (exact) mass is 428 g/mol. The maximum absolute atomic E-state index is 13.4. The minimum Gasteiger partial charge on any atom is -0.322 e. The molecule has 0 bridgehead atoms. The molecule has 5 heteroatoms. The lowest BCUT2D eigenvalue weighted by atomic mass is 10.0. The van der Waals surface area contributed by atoms with Crippen molar-refractivity contribution in [1.29, 1.82) is 0 Å². The van der Waals surface area contributed by atoms with E-state index in [1.807, 2.05) is 91.2 Å². The molecule has 0 fully saturated rings. The van der Waals surface area contributed by atoms with Gasteiger partial charge < -0.3 is 9.88 Å². The number of halogens is 1. The van der Waals surface area contributed by atoms with E-state index in [-0.39, 0.29) is 11.0 Å². The first kappa shape index (κ1) is 20.6. The van der Waals surface area contributed by atoms with Crippen LogP contribution in [0.5, 0.6) is 0 Å². The number of hydrogen-bond donors (Lipinski definition) is 1. The lowest BCUT2D eigenvalue weighted by molar-refractivity contribution is 0.102. The first-order valence-electron chi connectivity index (χ1n) is 9.90. The van der Waals surface area contributed by atoms with Crippen molar-refractivity contribution in [3.63, 3.8) is 0 Å². The van der Waals surface area contributed by atoms with Crippen molar-refractivity contribution in [1.82, 2.24) is 4.57 Å². The van der Waals surface area contributed by atoms with Crippen molar-refractivity contribution in [3.05, 3.63) is 117 Å². The third kappa shape index (κ3) is 4.16. The highest BCUT2D eigenvalue weighted by molar-refractivity contribution is 6.30. The number of rotatable bonds is 4. The number of carbonyl (C=O) groups is 1. The van der Waals surface area contributed by atoms with Gasteiger partial charge in [0.05, 0.1) is 5.69 Å². The first-order chi connectivity index (χ1) is 15.0. The molecule has 4 aromatic rings. The first-order valence-corrected chi connectivity index (χ1v) is 10.3. The second-order valence-corrected chi connectivity index (χ2v) is 7.76. The number of para-hydroxylation sites is 1. The molecule has 0 saturated carbocycles. The highest BCUT2D eigenvalue weighted by Gasteiger charge is 2.23. The number of aromatic nitrogens is 1. The molecule has 0 atom stereocenters. The molecule has 3 aromatic carbocycles. The Morgan fingerprint density at radius 3 is 2.29 bits per heavy atom. The van der Waals surface area contributed by atoms with Crippen molar-refractivity contribution in [2.45, 2.75) is 13.8 Å². The van der Waals surface area contributed by atoms with Crippen LogP contribution in [-0.2, 0) is 0 Å². The van der Waals surface area contributed by atoms with Crippen LogP contribution in [0, 0.1) is 13.8 Å². The Labute approximate surface area is 185 Å². The number of hydrogen-bond acceptors (Lipinski definition) is 2. The SMILES string of the molecule is Cc1ccccc1NC(=O)c1c(-c2ccccc2)n(-c2cccc(Cl)c2)c(C)cc1=O. The molecular weight excluding hydrogens is 408 g/mol. The van der Waals surface area contributed by atoms with Gasteiger partial charge in [0.15, 0.2) is 5.43 Å². The molecule has 0 aliphatic rings. The van der Waals surface area contributed by atoms with E-state index in [4.69, 9.17) is 11.6 Å². The van der Waals surface area contributed by atoms with Crippen molar-refractivity contribution in [2.75, 3.05) is 5.32 Å². The van der Waals surface area contributed by atoms with Gasteiger partial charge in [-0.05, 0) is 49.2 Å². The number of amides is 1. The molecule has 0 spiro atoms. The second kappa shape index (κ2) is 8.62. The Morgan fingerprint density at radius 2 is 1.58 bits per heavy atom. The number of nitrogens with one attached hydrogen (secondary N) is 1. The maximum Gasteiger partial charge on any atom is 0.261 e. The van der Waals surface area contributed by atoms with Crippen molar-refractivity contribution >= 4 is 23.2 Å². The summed E-state index contributed by atoms with van der Waals surface area (Å²) in [4.78, 5) is 26.5. The molecule has 0 aliphatic carbocycles. The Balaban J connectivity index is 1.99.